The number of H-pyrrole nitrogens is 1. The lowest BCUT2D eigenvalue weighted by Crippen LogP contribution is -2.06. The summed E-state index contributed by atoms with van der Waals surface area (Å²) < 4.78 is 2.13. The molecule has 2 aromatic heterocycles. The molecule has 2 N–H and O–H groups in total. The first-order valence-corrected chi connectivity index (χ1v) is 6.03. The quantitative estimate of drug-likeness (QED) is 0.737. The lowest BCUT2D eigenvalue weighted by molar-refractivity contribution is 0.720. The highest BCUT2D eigenvalue weighted by molar-refractivity contribution is 5.89. The van der Waals surface area contributed by atoms with Gasteiger partial charge >= 0.3 is 0 Å². The summed E-state index contributed by atoms with van der Waals surface area (Å²) in [6.45, 7) is 3.80. The van der Waals surface area contributed by atoms with E-state index in [1.165, 1.54) is 5.69 Å². The van der Waals surface area contributed by atoms with E-state index in [1.54, 1.807) is 0 Å². The highest BCUT2D eigenvalue weighted by atomic mass is 15.1. The van der Waals surface area contributed by atoms with Crippen molar-refractivity contribution in [2.45, 2.75) is 20.0 Å². The van der Waals surface area contributed by atoms with E-state index in [4.69, 9.17) is 0 Å². The molecule has 0 bridgehead atoms. The van der Waals surface area contributed by atoms with Gasteiger partial charge in [-0.2, -0.15) is 5.10 Å². The Bertz CT molecular complexity index is 652. The maximum absolute atomic E-state index is 4.16. The average molecular weight is 241 g/mol. The largest absolute Gasteiger partial charge is 0.378 e. The van der Waals surface area contributed by atoms with Gasteiger partial charge in [0.25, 0.3) is 0 Å². The number of imidazole rings is 1. The minimum Gasteiger partial charge on any atom is -0.378 e. The van der Waals surface area contributed by atoms with Crippen LogP contribution in [0.15, 0.2) is 36.9 Å². The Hall–Kier alpha value is -2.30. The Labute approximate surface area is 105 Å². The Morgan fingerprint density at radius 1 is 1.33 bits per heavy atom. The minimum atomic E-state index is 0.756. The molecule has 0 saturated carbocycles. The summed E-state index contributed by atoms with van der Waals surface area (Å²) in [6.07, 6.45) is 5.58. The first-order chi connectivity index (χ1) is 8.88. The third kappa shape index (κ3) is 1.84. The molecule has 1 aromatic carbocycles. The Morgan fingerprint density at radius 3 is 3.17 bits per heavy atom. The lowest BCUT2D eigenvalue weighted by Gasteiger charge is -2.09. The van der Waals surface area contributed by atoms with E-state index in [9.17, 15) is 0 Å². The van der Waals surface area contributed by atoms with Crippen molar-refractivity contribution in [1.82, 2.24) is 19.7 Å². The van der Waals surface area contributed by atoms with Gasteiger partial charge in [0, 0.05) is 18.1 Å². The van der Waals surface area contributed by atoms with Gasteiger partial charge in [-0.15, -0.1) is 0 Å². The Morgan fingerprint density at radius 2 is 2.28 bits per heavy atom. The Kier molecular flexibility index (Phi) is 2.72. The smallest absolute Gasteiger partial charge is 0.0948 e. The fraction of sp³-hybridized carbons (Fsp3) is 0.231. The van der Waals surface area contributed by atoms with Gasteiger partial charge in [-0.1, -0.05) is 12.1 Å². The van der Waals surface area contributed by atoms with Crippen LogP contribution in [0.25, 0.3) is 10.9 Å². The third-order valence-corrected chi connectivity index (χ3v) is 3.08. The summed E-state index contributed by atoms with van der Waals surface area (Å²) in [5.74, 6) is 0. The maximum atomic E-state index is 4.16. The molecule has 0 unspecified atom stereocenters. The molecule has 3 rings (SSSR count). The van der Waals surface area contributed by atoms with Crippen molar-refractivity contribution in [2.75, 3.05) is 5.32 Å². The van der Waals surface area contributed by atoms with Crippen LogP contribution in [0.3, 0.4) is 0 Å². The summed E-state index contributed by atoms with van der Waals surface area (Å²) >= 11 is 0. The van der Waals surface area contributed by atoms with Crippen LogP contribution in [-0.4, -0.2) is 19.7 Å². The molecule has 0 aliphatic heterocycles. The summed E-state index contributed by atoms with van der Waals surface area (Å²) in [4.78, 5) is 4.16. The van der Waals surface area contributed by atoms with Crippen LogP contribution in [-0.2, 0) is 13.1 Å². The number of fused-ring (bicyclic) bond motifs is 1. The number of aromatic amines is 1. The van der Waals surface area contributed by atoms with E-state index < -0.39 is 0 Å². The molecule has 0 atom stereocenters. The molecule has 0 radical (unpaired) electrons. The molecule has 18 heavy (non-hydrogen) atoms. The highest BCUT2D eigenvalue weighted by Gasteiger charge is 2.04. The van der Waals surface area contributed by atoms with E-state index in [1.807, 2.05) is 36.9 Å². The minimum absolute atomic E-state index is 0.756. The van der Waals surface area contributed by atoms with Crippen molar-refractivity contribution in [3.63, 3.8) is 0 Å². The number of aromatic nitrogens is 4. The van der Waals surface area contributed by atoms with Crippen molar-refractivity contribution in [3.8, 4) is 0 Å². The Balaban J connectivity index is 1.83. The second-order valence-electron chi connectivity index (χ2n) is 4.16. The zero-order chi connectivity index (χ0) is 12.4. The number of rotatable bonds is 4. The van der Waals surface area contributed by atoms with Gasteiger partial charge < -0.3 is 9.88 Å². The number of aryl methyl sites for hydroxylation is 1. The fourth-order valence-corrected chi connectivity index (χ4v) is 2.08. The molecular formula is C13H15N5. The summed E-state index contributed by atoms with van der Waals surface area (Å²) in [5, 5.41) is 11.6. The SMILES string of the molecule is CCn1cncc1CNc1cccc2cn[nH]c12. The zero-order valence-corrected chi connectivity index (χ0v) is 10.2. The standard InChI is InChI=1S/C13H15N5/c1-2-18-9-14-7-11(18)8-15-12-5-3-4-10-6-16-17-13(10)12/h3-7,9,15H,2,8H2,1H3,(H,16,17). The number of para-hydroxylation sites is 1. The molecular weight excluding hydrogens is 226 g/mol. The summed E-state index contributed by atoms with van der Waals surface area (Å²) in [6, 6.07) is 6.12. The van der Waals surface area contributed by atoms with Gasteiger partial charge in [0.05, 0.1) is 36.0 Å². The topological polar surface area (TPSA) is 58.5 Å². The molecule has 5 nitrogen and oxygen atoms in total. The van der Waals surface area contributed by atoms with E-state index >= 15 is 0 Å². The summed E-state index contributed by atoms with van der Waals surface area (Å²) in [7, 11) is 0. The third-order valence-electron chi connectivity index (χ3n) is 3.08. The van der Waals surface area contributed by atoms with E-state index in [0.717, 1.165) is 29.7 Å². The molecule has 0 amide bonds. The van der Waals surface area contributed by atoms with Crippen molar-refractivity contribution in [3.05, 3.63) is 42.6 Å². The van der Waals surface area contributed by atoms with Crippen molar-refractivity contribution in [1.29, 1.82) is 0 Å². The number of hydrogen-bond donors (Lipinski definition) is 2. The zero-order valence-electron chi connectivity index (χ0n) is 10.2. The van der Waals surface area contributed by atoms with Crippen LogP contribution in [0.1, 0.15) is 12.6 Å². The van der Waals surface area contributed by atoms with Gasteiger partial charge in [0.15, 0.2) is 0 Å². The molecule has 0 fully saturated rings. The first kappa shape index (κ1) is 10.8. The van der Waals surface area contributed by atoms with E-state index in [-0.39, 0.29) is 0 Å². The predicted molar refractivity (Wildman–Crippen MR) is 71.3 cm³/mol. The van der Waals surface area contributed by atoms with Crippen LogP contribution >= 0.6 is 0 Å². The van der Waals surface area contributed by atoms with Crippen LogP contribution in [0.4, 0.5) is 5.69 Å². The van der Waals surface area contributed by atoms with Crippen LogP contribution in [0, 0.1) is 0 Å². The van der Waals surface area contributed by atoms with Gasteiger partial charge in [-0.3, -0.25) is 5.10 Å². The van der Waals surface area contributed by atoms with Gasteiger partial charge in [-0.25, -0.2) is 4.98 Å². The maximum Gasteiger partial charge on any atom is 0.0948 e. The molecule has 5 heteroatoms. The normalized spacial score (nSPS) is 10.9. The van der Waals surface area contributed by atoms with Crippen molar-refractivity contribution < 1.29 is 0 Å². The number of anilines is 1. The van der Waals surface area contributed by atoms with Crippen LogP contribution in [0.5, 0.6) is 0 Å². The second kappa shape index (κ2) is 4.52. The molecule has 2 heterocycles. The van der Waals surface area contributed by atoms with Crippen molar-refractivity contribution in [2.24, 2.45) is 0 Å². The summed E-state index contributed by atoms with van der Waals surface area (Å²) in [5.41, 5.74) is 3.28. The van der Waals surface area contributed by atoms with Crippen LogP contribution in [0.2, 0.25) is 0 Å². The number of nitrogens with zero attached hydrogens (tertiary/aromatic N) is 3. The second-order valence-corrected chi connectivity index (χ2v) is 4.16. The lowest BCUT2D eigenvalue weighted by atomic mass is 10.2. The van der Waals surface area contributed by atoms with Crippen LogP contribution < -0.4 is 5.32 Å². The monoisotopic (exact) mass is 241 g/mol. The molecule has 0 aliphatic carbocycles. The number of nitrogens with one attached hydrogen (secondary N) is 2. The van der Waals surface area contributed by atoms with Gasteiger partial charge in [0.2, 0.25) is 0 Å². The molecule has 0 spiro atoms. The fourth-order valence-electron chi connectivity index (χ4n) is 2.08. The van der Waals surface area contributed by atoms with Gasteiger partial charge in [0.1, 0.15) is 0 Å². The van der Waals surface area contributed by atoms with E-state index in [0.29, 0.717) is 0 Å². The molecule has 0 saturated heterocycles. The van der Waals surface area contributed by atoms with Gasteiger partial charge in [-0.05, 0) is 13.0 Å². The number of benzene rings is 1. The average Bonchev–Trinajstić information content (AvgIpc) is 3.04. The first-order valence-electron chi connectivity index (χ1n) is 6.03. The highest BCUT2D eigenvalue weighted by Crippen LogP contribution is 2.20. The molecule has 92 valence electrons. The predicted octanol–water partition coefficient (Wildman–Crippen LogP) is 2.39. The molecule has 3 aromatic rings. The van der Waals surface area contributed by atoms with E-state index in [2.05, 4.69) is 32.0 Å². The van der Waals surface area contributed by atoms with Crippen molar-refractivity contribution >= 4 is 16.6 Å². The number of hydrogen-bond acceptors (Lipinski definition) is 3. The molecule has 0 aliphatic rings.